The third kappa shape index (κ3) is 4.08. The Morgan fingerprint density at radius 3 is 2.59 bits per heavy atom. The van der Waals surface area contributed by atoms with Crippen molar-refractivity contribution in [2.75, 3.05) is 24.6 Å². The molecule has 2 aliphatic heterocycles. The van der Waals surface area contributed by atoms with E-state index in [2.05, 4.69) is 17.2 Å². The highest BCUT2D eigenvalue weighted by Crippen LogP contribution is 2.34. The second kappa shape index (κ2) is 8.26. The van der Waals surface area contributed by atoms with E-state index in [1.165, 1.54) is 9.71 Å². The van der Waals surface area contributed by atoms with Gasteiger partial charge in [0.05, 0.1) is 44.9 Å². The number of amides is 1. The highest BCUT2D eigenvalue weighted by atomic mass is 32.2. The Kier molecular flexibility index (Phi) is 5.57. The van der Waals surface area contributed by atoms with Crippen LogP contribution in [-0.2, 0) is 21.1 Å². The number of fused-ring (bicyclic) bond motifs is 1. The van der Waals surface area contributed by atoms with Gasteiger partial charge in [-0.05, 0) is 45.2 Å². The Balaban J connectivity index is 1.23. The van der Waals surface area contributed by atoms with Gasteiger partial charge in [0.1, 0.15) is 0 Å². The fraction of sp³-hybridized carbons (Fsp3) is 0.522. The lowest BCUT2D eigenvalue weighted by atomic mass is 9.97. The summed E-state index contributed by atoms with van der Waals surface area (Å²) in [5.74, 6) is 0.889. The topological polar surface area (TPSA) is 85.2 Å². The fourth-order valence-electron chi connectivity index (χ4n) is 4.98. The van der Waals surface area contributed by atoms with Gasteiger partial charge in [0.25, 0.3) is 0 Å². The molecule has 0 spiro atoms. The van der Waals surface area contributed by atoms with Crippen molar-refractivity contribution in [3.63, 3.8) is 0 Å². The second-order valence-electron chi connectivity index (χ2n) is 9.00. The number of likely N-dealkylation sites (tertiary alicyclic amines) is 1. The molecule has 1 aromatic carbocycles. The van der Waals surface area contributed by atoms with E-state index in [0.29, 0.717) is 18.8 Å². The molecule has 1 atom stereocenters. The second-order valence-corrected chi connectivity index (χ2v) is 12.3. The lowest BCUT2D eigenvalue weighted by Gasteiger charge is -2.31. The number of benzene rings is 1. The van der Waals surface area contributed by atoms with E-state index < -0.39 is 9.84 Å². The van der Waals surface area contributed by atoms with E-state index in [1.807, 2.05) is 35.6 Å². The van der Waals surface area contributed by atoms with Crippen LogP contribution in [0.1, 0.15) is 53.2 Å². The first kappa shape index (κ1) is 21.6. The van der Waals surface area contributed by atoms with Crippen LogP contribution in [0.5, 0.6) is 0 Å². The molecule has 0 aliphatic carbocycles. The number of aromatic nitrogens is 3. The number of thiazole rings is 1. The summed E-state index contributed by atoms with van der Waals surface area (Å²) in [5.41, 5.74) is 3.74. The van der Waals surface area contributed by atoms with Gasteiger partial charge in [-0.15, -0.1) is 11.3 Å². The van der Waals surface area contributed by atoms with Gasteiger partial charge in [0.15, 0.2) is 9.84 Å². The van der Waals surface area contributed by atoms with Crippen LogP contribution in [0.3, 0.4) is 0 Å². The van der Waals surface area contributed by atoms with Crippen molar-refractivity contribution < 1.29 is 13.2 Å². The molecule has 32 heavy (non-hydrogen) atoms. The number of hydrogen-bond donors (Lipinski definition) is 0. The first-order valence-electron chi connectivity index (χ1n) is 11.2. The van der Waals surface area contributed by atoms with Gasteiger partial charge in [0, 0.05) is 30.3 Å². The minimum Gasteiger partial charge on any atom is -0.342 e. The normalized spacial score (nSPS) is 21.4. The lowest BCUT2D eigenvalue weighted by molar-refractivity contribution is -0.131. The molecule has 0 N–H and O–H groups in total. The van der Waals surface area contributed by atoms with Crippen LogP contribution in [-0.4, -0.2) is 58.6 Å². The Bertz CT molecular complexity index is 1240. The van der Waals surface area contributed by atoms with Gasteiger partial charge in [-0.3, -0.25) is 9.48 Å². The Labute approximate surface area is 192 Å². The maximum atomic E-state index is 13.1. The van der Waals surface area contributed by atoms with Crippen molar-refractivity contribution in [3.8, 4) is 0 Å². The minimum atomic E-state index is -2.98. The summed E-state index contributed by atoms with van der Waals surface area (Å²) >= 11 is 1.77. The molecule has 9 heteroatoms. The van der Waals surface area contributed by atoms with Gasteiger partial charge in [0.2, 0.25) is 5.91 Å². The van der Waals surface area contributed by atoms with Gasteiger partial charge in [-0.25, -0.2) is 13.4 Å². The van der Waals surface area contributed by atoms with E-state index >= 15 is 0 Å². The number of nitrogens with zero attached hydrogens (tertiary/aromatic N) is 4. The molecular formula is C23H28N4O3S2. The first-order chi connectivity index (χ1) is 15.3. The number of rotatable bonds is 4. The molecule has 7 nitrogen and oxygen atoms in total. The predicted molar refractivity (Wildman–Crippen MR) is 126 cm³/mol. The number of carbonyl (C=O) groups excluding carboxylic acids is 1. The van der Waals surface area contributed by atoms with Crippen molar-refractivity contribution in [1.82, 2.24) is 19.7 Å². The summed E-state index contributed by atoms with van der Waals surface area (Å²) in [6.07, 6.45) is 2.78. The fourth-order valence-corrected chi connectivity index (χ4v) is 7.81. The Hall–Kier alpha value is -2.26. The van der Waals surface area contributed by atoms with Crippen LogP contribution in [0.4, 0.5) is 0 Å². The van der Waals surface area contributed by atoms with Crippen molar-refractivity contribution in [3.05, 3.63) is 46.2 Å². The zero-order valence-electron chi connectivity index (χ0n) is 18.5. The average Bonchev–Trinajstić information content (AvgIpc) is 3.44. The number of piperidine rings is 1. The maximum Gasteiger partial charge on any atom is 0.227 e. The summed E-state index contributed by atoms with van der Waals surface area (Å²) in [4.78, 5) is 19.8. The van der Waals surface area contributed by atoms with Crippen molar-refractivity contribution in [1.29, 1.82) is 0 Å². The molecule has 2 aliphatic rings. The third-order valence-corrected chi connectivity index (χ3v) is 9.81. The summed E-state index contributed by atoms with van der Waals surface area (Å²) in [6, 6.07) is 8.11. The molecule has 0 saturated carbocycles. The zero-order chi connectivity index (χ0) is 22.5. The summed E-state index contributed by atoms with van der Waals surface area (Å²) in [5, 5.41) is 5.78. The number of sulfone groups is 1. The van der Waals surface area contributed by atoms with Gasteiger partial charge >= 0.3 is 0 Å². The number of aryl methyl sites for hydroxylation is 1. The highest BCUT2D eigenvalue weighted by molar-refractivity contribution is 7.91. The molecule has 170 valence electrons. The number of hydrogen-bond acceptors (Lipinski definition) is 6. The zero-order valence-corrected chi connectivity index (χ0v) is 20.1. The molecular weight excluding hydrogens is 444 g/mol. The van der Waals surface area contributed by atoms with Crippen molar-refractivity contribution in [2.45, 2.75) is 51.5 Å². The monoisotopic (exact) mass is 472 g/mol. The van der Waals surface area contributed by atoms with E-state index in [0.717, 1.165) is 48.4 Å². The molecule has 2 fully saturated rings. The molecule has 5 rings (SSSR count). The minimum absolute atomic E-state index is 0.118. The maximum absolute atomic E-state index is 13.1. The quantitative estimate of drug-likeness (QED) is 0.581. The smallest absolute Gasteiger partial charge is 0.227 e. The highest BCUT2D eigenvalue weighted by Gasteiger charge is 2.32. The SMILES string of the molecule is Cc1nn(C2CCS(=O)(=O)C2)c(C)c1CC(=O)N1CCC(c2nc3ccccc3s2)CC1. The van der Waals surface area contributed by atoms with E-state index in [9.17, 15) is 13.2 Å². The molecule has 2 saturated heterocycles. The van der Waals surface area contributed by atoms with Crippen LogP contribution >= 0.6 is 11.3 Å². The number of carbonyl (C=O) groups is 1. The largest absolute Gasteiger partial charge is 0.342 e. The van der Waals surface area contributed by atoms with Crippen LogP contribution in [0, 0.1) is 13.8 Å². The third-order valence-electron chi connectivity index (χ3n) is 6.86. The molecule has 1 amide bonds. The summed E-state index contributed by atoms with van der Waals surface area (Å²) < 4.78 is 26.8. The summed E-state index contributed by atoms with van der Waals surface area (Å²) in [6.45, 7) is 5.35. The van der Waals surface area contributed by atoms with E-state index in [-0.39, 0.29) is 23.5 Å². The Morgan fingerprint density at radius 1 is 1.16 bits per heavy atom. The van der Waals surface area contributed by atoms with E-state index in [1.54, 1.807) is 11.3 Å². The van der Waals surface area contributed by atoms with Crippen LogP contribution in [0.25, 0.3) is 10.2 Å². The number of para-hydroxylation sites is 1. The molecule has 2 aromatic heterocycles. The summed E-state index contributed by atoms with van der Waals surface area (Å²) in [7, 11) is -2.98. The van der Waals surface area contributed by atoms with Gasteiger partial charge in [-0.2, -0.15) is 5.10 Å². The molecule has 4 heterocycles. The molecule has 0 bridgehead atoms. The molecule has 1 unspecified atom stereocenters. The first-order valence-corrected chi connectivity index (χ1v) is 13.8. The standard InChI is InChI=1S/C23H28N4O3S2/c1-15-19(16(2)27(25-15)18-9-12-32(29,30)14-18)13-22(28)26-10-7-17(8-11-26)23-24-20-5-3-4-6-21(20)31-23/h3-6,17-18H,7-14H2,1-2H3. The predicted octanol–water partition coefficient (Wildman–Crippen LogP) is 3.42. The molecule has 0 radical (unpaired) electrons. The van der Waals surface area contributed by atoms with Crippen LogP contribution in [0.15, 0.2) is 24.3 Å². The van der Waals surface area contributed by atoms with Crippen molar-refractivity contribution in [2.24, 2.45) is 0 Å². The average molecular weight is 473 g/mol. The lowest BCUT2D eigenvalue weighted by Crippen LogP contribution is -2.38. The molecule has 3 aromatic rings. The van der Waals surface area contributed by atoms with Crippen molar-refractivity contribution >= 4 is 37.3 Å². The van der Waals surface area contributed by atoms with Crippen LogP contribution < -0.4 is 0 Å². The van der Waals surface area contributed by atoms with E-state index in [4.69, 9.17) is 4.98 Å². The van der Waals surface area contributed by atoms with Crippen LogP contribution in [0.2, 0.25) is 0 Å². The Morgan fingerprint density at radius 2 is 1.91 bits per heavy atom. The van der Waals surface area contributed by atoms with Gasteiger partial charge < -0.3 is 4.90 Å². The van der Waals surface area contributed by atoms with Gasteiger partial charge in [-0.1, -0.05) is 12.1 Å².